The Kier molecular flexibility index (Phi) is 3.66. The number of para-hydroxylation sites is 1. The van der Waals surface area contributed by atoms with Gasteiger partial charge in [-0.1, -0.05) is 41.7 Å². The van der Waals surface area contributed by atoms with Crippen molar-refractivity contribution in [2.45, 2.75) is 6.17 Å². The van der Waals surface area contributed by atoms with Crippen molar-refractivity contribution < 1.29 is 9.18 Å². The first-order valence-corrected chi connectivity index (χ1v) is 8.50. The Bertz CT molecular complexity index is 964. The largest absolute Gasteiger partial charge is 0.346 e. The molecule has 7 heteroatoms. The van der Waals surface area contributed by atoms with Crippen molar-refractivity contribution in [2.75, 3.05) is 5.32 Å². The number of carbonyl (C=O) groups is 1. The maximum absolute atomic E-state index is 13.1. The van der Waals surface area contributed by atoms with Crippen LogP contribution in [0.4, 0.5) is 10.2 Å². The van der Waals surface area contributed by atoms with Crippen LogP contribution in [0.25, 0.3) is 5.69 Å². The molecule has 0 spiro atoms. The number of fused-ring (bicyclic) bond motifs is 1. The predicted molar refractivity (Wildman–Crippen MR) is 94.7 cm³/mol. The minimum absolute atomic E-state index is 0.191. The Morgan fingerprint density at radius 3 is 2.46 bits per heavy atom. The van der Waals surface area contributed by atoms with E-state index in [1.807, 2.05) is 34.9 Å². The molecule has 2 N–H and O–H groups in total. The third-order valence-corrected chi connectivity index (χ3v) is 5.16. The molecule has 1 aliphatic rings. The van der Waals surface area contributed by atoms with Gasteiger partial charge in [-0.25, -0.2) is 4.39 Å². The van der Waals surface area contributed by atoms with E-state index < -0.39 is 6.17 Å². The average molecular weight is 357 g/mol. The second kappa shape index (κ2) is 5.85. The zero-order valence-electron chi connectivity index (χ0n) is 12.3. The van der Waals surface area contributed by atoms with Crippen LogP contribution in [0.1, 0.15) is 21.4 Å². The van der Waals surface area contributed by atoms with Gasteiger partial charge in [-0.05, 0) is 42.0 Å². The molecule has 3 aromatic rings. The fraction of sp³-hybridized carbons (Fsp3) is 0.0588. The maximum atomic E-state index is 13.1. The van der Waals surface area contributed by atoms with E-state index in [1.165, 1.54) is 23.5 Å². The van der Waals surface area contributed by atoms with Crippen LogP contribution in [-0.2, 0) is 0 Å². The molecule has 120 valence electrons. The summed E-state index contributed by atoms with van der Waals surface area (Å²) in [5.41, 5.74) is 1.66. The Hall–Kier alpha value is -2.51. The molecule has 0 fully saturated rings. The molecule has 0 saturated carbocycles. The quantitative estimate of drug-likeness (QED) is 0.674. The van der Waals surface area contributed by atoms with Gasteiger partial charge < -0.3 is 10.6 Å². The van der Waals surface area contributed by atoms with Gasteiger partial charge in [0.25, 0.3) is 5.91 Å². The smallest absolute Gasteiger partial charge is 0.267 e. The molecule has 4 nitrogen and oxygen atoms in total. The van der Waals surface area contributed by atoms with Crippen LogP contribution in [0.3, 0.4) is 0 Å². The summed E-state index contributed by atoms with van der Waals surface area (Å²) in [5.74, 6) is 0.155. The summed E-state index contributed by atoms with van der Waals surface area (Å²) >= 11 is 6.70. The summed E-state index contributed by atoms with van der Waals surface area (Å²) in [6, 6.07) is 15.7. The summed E-state index contributed by atoms with van der Waals surface area (Å²) in [7, 11) is 0. The first-order valence-electron chi connectivity index (χ1n) is 7.27. The fourth-order valence-corrected chi connectivity index (χ4v) is 3.97. The van der Waals surface area contributed by atoms with E-state index in [1.54, 1.807) is 12.1 Å². The van der Waals surface area contributed by atoms with Crippen molar-refractivity contribution in [3.05, 3.63) is 74.8 Å². The first kappa shape index (κ1) is 15.0. The van der Waals surface area contributed by atoms with Crippen LogP contribution in [0.5, 0.6) is 0 Å². The molecule has 1 unspecified atom stereocenters. The summed E-state index contributed by atoms with van der Waals surface area (Å²) in [4.78, 5) is 13.0. The van der Waals surface area contributed by atoms with E-state index in [2.05, 4.69) is 10.6 Å². The number of benzene rings is 2. The zero-order valence-corrected chi connectivity index (χ0v) is 14.0. The molecule has 2 heterocycles. The highest BCUT2D eigenvalue weighted by Crippen LogP contribution is 2.34. The molecule has 1 aromatic heterocycles. The van der Waals surface area contributed by atoms with Crippen molar-refractivity contribution in [2.24, 2.45) is 0 Å². The Balaban J connectivity index is 1.80. The lowest BCUT2D eigenvalue weighted by Gasteiger charge is -2.27. The van der Waals surface area contributed by atoms with Crippen LogP contribution in [-0.4, -0.2) is 10.5 Å². The van der Waals surface area contributed by atoms with Crippen LogP contribution in [0.2, 0.25) is 0 Å². The lowest BCUT2D eigenvalue weighted by atomic mass is 10.1. The van der Waals surface area contributed by atoms with E-state index in [4.69, 9.17) is 12.2 Å². The van der Waals surface area contributed by atoms with Gasteiger partial charge in [-0.2, -0.15) is 0 Å². The molecule has 0 saturated heterocycles. The van der Waals surface area contributed by atoms with Crippen LogP contribution in [0.15, 0.2) is 54.6 Å². The molecule has 1 atom stereocenters. The fourth-order valence-electron chi connectivity index (χ4n) is 2.66. The molecular formula is C17H12FN3OS2. The number of thiazole rings is 1. The van der Waals surface area contributed by atoms with Crippen molar-refractivity contribution >= 4 is 35.3 Å². The molecular weight excluding hydrogens is 345 g/mol. The monoisotopic (exact) mass is 357 g/mol. The molecule has 0 radical (unpaired) electrons. The Labute approximate surface area is 146 Å². The van der Waals surface area contributed by atoms with Gasteiger partial charge in [-0.15, -0.1) is 0 Å². The highest BCUT2D eigenvalue weighted by Gasteiger charge is 2.29. The van der Waals surface area contributed by atoms with E-state index in [-0.39, 0.29) is 11.7 Å². The SMILES string of the molecule is O=C1NC(c2ccc(F)cc2)Nc2c1sc(=S)n2-c1ccccc1. The highest BCUT2D eigenvalue weighted by atomic mass is 32.1. The Morgan fingerprint density at radius 1 is 1.04 bits per heavy atom. The van der Waals surface area contributed by atoms with Crippen molar-refractivity contribution in [3.8, 4) is 5.69 Å². The lowest BCUT2D eigenvalue weighted by molar-refractivity contribution is 0.0939. The minimum Gasteiger partial charge on any atom is -0.346 e. The minimum atomic E-state index is -0.440. The number of rotatable bonds is 2. The zero-order chi connectivity index (χ0) is 16.7. The van der Waals surface area contributed by atoms with Crippen molar-refractivity contribution in [1.82, 2.24) is 9.88 Å². The highest BCUT2D eigenvalue weighted by molar-refractivity contribution is 7.73. The number of nitrogens with zero attached hydrogens (tertiary/aromatic N) is 1. The summed E-state index contributed by atoms with van der Waals surface area (Å²) in [6.07, 6.45) is -0.440. The number of nitrogens with one attached hydrogen (secondary N) is 2. The molecule has 4 rings (SSSR count). The average Bonchev–Trinajstić information content (AvgIpc) is 2.93. The Morgan fingerprint density at radius 2 is 1.75 bits per heavy atom. The van der Waals surface area contributed by atoms with E-state index in [0.29, 0.717) is 14.6 Å². The maximum Gasteiger partial charge on any atom is 0.267 e. The van der Waals surface area contributed by atoms with Gasteiger partial charge in [0.2, 0.25) is 0 Å². The third-order valence-electron chi connectivity index (χ3n) is 3.79. The molecule has 0 bridgehead atoms. The van der Waals surface area contributed by atoms with Crippen LogP contribution >= 0.6 is 23.6 Å². The summed E-state index contributed by atoms with van der Waals surface area (Å²) in [5, 5.41) is 6.18. The topological polar surface area (TPSA) is 46.1 Å². The van der Waals surface area contributed by atoms with Gasteiger partial charge >= 0.3 is 0 Å². The summed E-state index contributed by atoms with van der Waals surface area (Å²) < 4.78 is 15.6. The van der Waals surface area contributed by atoms with Gasteiger partial charge in [0.05, 0.1) is 0 Å². The molecule has 0 aliphatic carbocycles. The molecule has 1 aliphatic heterocycles. The summed E-state index contributed by atoms with van der Waals surface area (Å²) in [6.45, 7) is 0. The van der Waals surface area contributed by atoms with Gasteiger partial charge in [0, 0.05) is 5.69 Å². The number of anilines is 1. The van der Waals surface area contributed by atoms with E-state index in [9.17, 15) is 9.18 Å². The van der Waals surface area contributed by atoms with E-state index >= 15 is 0 Å². The van der Waals surface area contributed by atoms with Crippen molar-refractivity contribution in [1.29, 1.82) is 0 Å². The molecule has 2 aromatic carbocycles. The number of carbonyl (C=O) groups excluding carboxylic acids is 1. The van der Waals surface area contributed by atoms with Gasteiger partial charge in [0.15, 0.2) is 3.95 Å². The molecule has 24 heavy (non-hydrogen) atoms. The van der Waals surface area contributed by atoms with Crippen molar-refractivity contribution in [3.63, 3.8) is 0 Å². The van der Waals surface area contributed by atoms with Gasteiger partial charge in [-0.3, -0.25) is 9.36 Å². The lowest BCUT2D eigenvalue weighted by Crippen LogP contribution is -2.38. The second-order valence-corrected chi connectivity index (χ2v) is 6.96. The normalized spacial score (nSPS) is 16.2. The molecule has 1 amide bonds. The first-order chi connectivity index (χ1) is 11.6. The predicted octanol–water partition coefficient (Wildman–Crippen LogP) is 4.26. The van der Waals surface area contributed by atoms with Gasteiger partial charge in [0.1, 0.15) is 22.7 Å². The van der Waals surface area contributed by atoms with Crippen LogP contribution in [0, 0.1) is 9.77 Å². The third kappa shape index (κ3) is 2.51. The second-order valence-electron chi connectivity index (χ2n) is 5.32. The standard InChI is InChI=1S/C17H12FN3OS2/c18-11-8-6-10(7-9-11)14-19-15-13(16(22)20-14)24-17(23)21(15)12-4-2-1-3-5-12/h1-9,14,19H,(H,20,22). The number of hydrogen-bond acceptors (Lipinski definition) is 4. The van der Waals surface area contributed by atoms with Crippen LogP contribution < -0.4 is 10.6 Å². The number of halogens is 1. The number of aromatic nitrogens is 1. The number of hydrogen-bond donors (Lipinski definition) is 2. The van der Waals surface area contributed by atoms with E-state index in [0.717, 1.165) is 11.3 Å². The number of amides is 1.